The van der Waals surface area contributed by atoms with E-state index in [1.807, 2.05) is 0 Å². The molecule has 0 bridgehead atoms. The Morgan fingerprint density at radius 2 is 2.19 bits per heavy atom. The molecule has 0 saturated carbocycles. The number of hydrogen-bond donors (Lipinski definition) is 1. The average molecular weight is 217 g/mol. The van der Waals surface area contributed by atoms with Gasteiger partial charge in [-0.2, -0.15) is 0 Å². The molecule has 2 heteroatoms. The summed E-state index contributed by atoms with van der Waals surface area (Å²) in [6, 6.07) is 6.32. The van der Waals surface area contributed by atoms with Gasteiger partial charge >= 0.3 is 0 Å². The molecule has 0 amide bonds. The second-order valence-electron chi connectivity index (χ2n) is 4.37. The Kier molecular flexibility index (Phi) is 3.62. The number of nitrogens with one attached hydrogen (secondary N) is 1. The van der Waals surface area contributed by atoms with Gasteiger partial charge in [-0.3, -0.25) is 0 Å². The van der Waals surface area contributed by atoms with Crippen LogP contribution in [-0.4, -0.2) is 19.7 Å². The van der Waals surface area contributed by atoms with Crippen LogP contribution in [0.15, 0.2) is 29.8 Å². The minimum absolute atomic E-state index is 0.728. The van der Waals surface area contributed by atoms with E-state index in [2.05, 4.69) is 43.4 Å². The molecular weight excluding hydrogens is 198 g/mol. The second-order valence-corrected chi connectivity index (χ2v) is 4.37. The highest BCUT2D eigenvalue weighted by atomic mass is 16.5. The van der Waals surface area contributed by atoms with Gasteiger partial charge in [0, 0.05) is 6.54 Å². The Morgan fingerprint density at radius 3 is 2.88 bits per heavy atom. The minimum Gasteiger partial charge on any atom is -0.489 e. The van der Waals surface area contributed by atoms with Crippen LogP contribution in [0.25, 0.3) is 0 Å². The highest BCUT2D eigenvalue weighted by molar-refractivity contribution is 5.35. The van der Waals surface area contributed by atoms with Crippen molar-refractivity contribution in [3.63, 3.8) is 0 Å². The van der Waals surface area contributed by atoms with Gasteiger partial charge in [0.15, 0.2) is 0 Å². The van der Waals surface area contributed by atoms with Crippen LogP contribution in [0.4, 0.5) is 0 Å². The van der Waals surface area contributed by atoms with Gasteiger partial charge in [-0.1, -0.05) is 23.8 Å². The van der Waals surface area contributed by atoms with Gasteiger partial charge in [-0.15, -0.1) is 0 Å². The van der Waals surface area contributed by atoms with Gasteiger partial charge in [0.1, 0.15) is 12.4 Å². The molecular formula is C14H19NO. The first-order valence-electron chi connectivity index (χ1n) is 5.84. The summed E-state index contributed by atoms with van der Waals surface area (Å²) in [5, 5.41) is 3.30. The largest absolute Gasteiger partial charge is 0.489 e. The summed E-state index contributed by atoms with van der Waals surface area (Å²) < 4.78 is 5.84. The summed E-state index contributed by atoms with van der Waals surface area (Å²) in [6.45, 7) is 6.98. The van der Waals surface area contributed by atoms with Gasteiger partial charge in [0.25, 0.3) is 0 Å². The third-order valence-electron chi connectivity index (χ3n) is 2.90. The smallest absolute Gasteiger partial charge is 0.122 e. The van der Waals surface area contributed by atoms with Crippen molar-refractivity contribution in [1.29, 1.82) is 0 Å². The lowest BCUT2D eigenvalue weighted by molar-refractivity contribution is 0.342. The maximum absolute atomic E-state index is 5.84. The van der Waals surface area contributed by atoms with E-state index in [9.17, 15) is 0 Å². The van der Waals surface area contributed by atoms with E-state index in [1.54, 1.807) is 0 Å². The third-order valence-corrected chi connectivity index (χ3v) is 2.90. The van der Waals surface area contributed by atoms with E-state index in [0.717, 1.165) is 31.9 Å². The highest BCUT2D eigenvalue weighted by Crippen LogP contribution is 2.19. The van der Waals surface area contributed by atoms with Crippen LogP contribution >= 0.6 is 0 Å². The Labute approximate surface area is 97.3 Å². The summed E-state index contributed by atoms with van der Waals surface area (Å²) in [5.41, 5.74) is 3.90. The number of benzene rings is 1. The lowest BCUT2D eigenvalue weighted by atomic mass is 10.1. The number of aryl methyl sites for hydroxylation is 2. The van der Waals surface area contributed by atoms with E-state index in [0.29, 0.717) is 0 Å². The number of rotatable bonds is 3. The highest BCUT2D eigenvalue weighted by Gasteiger charge is 2.05. The van der Waals surface area contributed by atoms with Gasteiger partial charge < -0.3 is 10.1 Å². The van der Waals surface area contributed by atoms with Crippen molar-refractivity contribution < 1.29 is 4.74 Å². The number of ether oxygens (including phenoxy) is 1. The number of hydrogen-bond acceptors (Lipinski definition) is 2. The van der Waals surface area contributed by atoms with Crippen molar-refractivity contribution in [3.05, 3.63) is 41.0 Å². The van der Waals surface area contributed by atoms with Crippen molar-refractivity contribution in [2.75, 3.05) is 19.7 Å². The van der Waals surface area contributed by atoms with Crippen LogP contribution in [-0.2, 0) is 0 Å². The van der Waals surface area contributed by atoms with Gasteiger partial charge in [-0.25, -0.2) is 0 Å². The summed E-state index contributed by atoms with van der Waals surface area (Å²) in [7, 11) is 0. The van der Waals surface area contributed by atoms with Crippen LogP contribution in [0.2, 0.25) is 0 Å². The standard InChI is InChI=1S/C14H19NO/c1-11-3-4-14(12(2)9-11)16-10-13-5-7-15-8-6-13/h3-5,9,15H,6-8,10H2,1-2H3. The Hall–Kier alpha value is -1.28. The van der Waals surface area contributed by atoms with E-state index < -0.39 is 0 Å². The Bertz CT molecular complexity index is 396. The first-order valence-corrected chi connectivity index (χ1v) is 5.84. The van der Waals surface area contributed by atoms with Crippen molar-refractivity contribution in [1.82, 2.24) is 5.32 Å². The summed E-state index contributed by atoms with van der Waals surface area (Å²) in [4.78, 5) is 0. The topological polar surface area (TPSA) is 21.3 Å². The molecule has 2 rings (SSSR count). The molecule has 1 heterocycles. The molecule has 1 aromatic carbocycles. The molecule has 86 valence electrons. The second kappa shape index (κ2) is 5.17. The fraction of sp³-hybridized carbons (Fsp3) is 0.429. The first kappa shape index (κ1) is 11.2. The van der Waals surface area contributed by atoms with Crippen molar-refractivity contribution in [2.45, 2.75) is 20.3 Å². The minimum atomic E-state index is 0.728. The lowest BCUT2D eigenvalue weighted by Crippen LogP contribution is -2.22. The fourth-order valence-electron chi connectivity index (χ4n) is 1.93. The molecule has 0 aliphatic carbocycles. The lowest BCUT2D eigenvalue weighted by Gasteiger charge is -2.15. The van der Waals surface area contributed by atoms with Gasteiger partial charge in [-0.05, 0) is 44.0 Å². The SMILES string of the molecule is Cc1ccc(OCC2=CCNCC2)c(C)c1. The molecule has 0 unspecified atom stereocenters. The average Bonchev–Trinajstić information content (AvgIpc) is 2.29. The molecule has 1 N–H and O–H groups in total. The molecule has 1 aromatic rings. The summed E-state index contributed by atoms with van der Waals surface area (Å²) in [6.07, 6.45) is 3.33. The van der Waals surface area contributed by atoms with Crippen LogP contribution in [0.3, 0.4) is 0 Å². The van der Waals surface area contributed by atoms with Crippen LogP contribution in [0.5, 0.6) is 5.75 Å². The first-order chi connectivity index (χ1) is 7.75. The Morgan fingerprint density at radius 1 is 1.31 bits per heavy atom. The van der Waals surface area contributed by atoms with Crippen molar-refractivity contribution >= 4 is 0 Å². The van der Waals surface area contributed by atoms with E-state index in [4.69, 9.17) is 4.74 Å². The van der Waals surface area contributed by atoms with E-state index in [1.165, 1.54) is 16.7 Å². The van der Waals surface area contributed by atoms with Crippen molar-refractivity contribution in [2.24, 2.45) is 0 Å². The molecule has 1 aliphatic rings. The van der Waals surface area contributed by atoms with Crippen LogP contribution in [0, 0.1) is 13.8 Å². The normalized spacial score (nSPS) is 15.8. The summed E-state index contributed by atoms with van der Waals surface area (Å²) in [5.74, 6) is 1.00. The molecule has 0 fully saturated rings. The molecule has 1 aliphatic heterocycles. The summed E-state index contributed by atoms with van der Waals surface area (Å²) >= 11 is 0. The van der Waals surface area contributed by atoms with E-state index in [-0.39, 0.29) is 0 Å². The predicted octanol–water partition coefficient (Wildman–Crippen LogP) is 2.60. The quantitative estimate of drug-likeness (QED) is 0.786. The molecule has 0 saturated heterocycles. The Balaban J connectivity index is 1.96. The van der Waals surface area contributed by atoms with Gasteiger partial charge in [0.05, 0.1) is 0 Å². The zero-order chi connectivity index (χ0) is 11.4. The molecule has 16 heavy (non-hydrogen) atoms. The molecule has 0 aromatic heterocycles. The third kappa shape index (κ3) is 2.86. The molecule has 2 nitrogen and oxygen atoms in total. The molecule has 0 radical (unpaired) electrons. The van der Waals surface area contributed by atoms with Crippen LogP contribution in [0.1, 0.15) is 17.5 Å². The molecule has 0 atom stereocenters. The maximum atomic E-state index is 5.84. The maximum Gasteiger partial charge on any atom is 0.122 e. The zero-order valence-corrected chi connectivity index (χ0v) is 10.0. The van der Waals surface area contributed by atoms with E-state index >= 15 is 0 Å². The van der Waals surface area contributed by atoms with Crippen molar-refractivity contribution in [3.8, 4) is 5.75 Å². The van der Waals surface area contributed by atoms with Gasteiger partial charge in [0.2, 0.25) is 0 Å². The predicted molar refractivity (Wildman–Crippen MR) is 67.0 cm³/mol. The van der Waals surface area contributed by atoms with Crippen LogP contribution < -0.4 is 10.1 Å². The molecule has 0 spiro atoms. The fourth-order valence-corrected chi connectivity index (χ4v) is 1.93. The zero-order valence-electron chi connectivity index (χ0n) is 10.0. The monoisotopic (exact) mass is 217 g/mol.